The van der Waals surface area contributed by atoms with Gasteiger partial charge in [0.15, 0.2) is 0 Å². The minimum Gasteiger partial charge on any atom is -0.244 e. The zero-order chi connectivity index (χ0) is 10.7. The van der Waals surface area contributed by atoms with E-state index in [2.05, 4.69) is 26.2 Å². The second kappa shape index (κ2) is 4.53. The fourth-order valence-electron chi connectivity index (χ4n) is 1.28. The standard InChI is InChI=1S/C10H9BrFN3/c11-5-10-6-13-14-15(10)7-8-1-3-9(12)4-2-8/h1-4,6H,5,7H2. The first-order chi connectivity index (χ1) is 7.29. The van der Waals surface area contributed by atoms with Crippen LogP contribution >= 0.6 is 15.9 Å². The molecule has 15 heavy (non-hydrogen) atoms. The monoisotopic (exact) mass is 269 g/mol. The molecular weight excluding hydrogens is 261 g/mol. The lowest BCUT2D eigenvalue weighted by atomic mass is 10.2. The van der Waals surface area contributed by atoms with Crippen LogP contribution in [0.5, 0.6) is 0 Å². The van der Waals surface area contributed by atoms with Crippen molar-refractivity contribution in [3.8, 4) is 0 Å². The quantitative estimate of drug-likeness (QED) is 0.801. The van der Waals surface area contributed by atoms with Gasteiger partial charge >= 0.3 is 0 Å². The summed E-state index contributed by atoms with van der Waals surface area (Å²) in [7, 11) is 0. The molecule has 0 aliphatic rings. The van der Waals surface area contributed by atoms with E-state index in [0.29, 0.717) is 11.9 Å². The van der Waals surface area contributed by atoms with Crippen molar-refractivity contribution in [1.82, 2.24) is 15.0 Å². The van der Waals surface area contributed by atoms with Crippen molar-refractivity contribution in [2.24, 2.45) is 0 Å². The van der Waals surface area contributed by atoms with Crippen LogP contribution in [0.1, 0.15) is 11.3 Å². The first-order valence-electron chi connectivity index (χ1n) is 4.47. The van der Waals surface area contributed by atoms with Gasteiger partial charge in [0.25, 0.3) is 0 Å². The lowest BCUT2D eigenvalue weighted by Crippen LogP contribution is -2.05. The third kappa shape index (κ3) is 2.41. The van der Waals surface area contributed by atoms with Crippen molar-refractivity contribution < 1.29 is 4.39 Å². The number of hydrogen-bond acceptors (Lipinski definition) is 2. The van der Waals surface area contributed by atoms with Gasteiger partial charge in [-0.15, -0.1) is 5.10 Å². The number of hydrogen-bond donors (Lipinski definition) is 0. The predicted octanol–water partition coefficient (Wildman–Crippen LogP) is 2.36. The number of rotatable bonds is 3. The van der Waals surface area contributed by atoms with Gasteiger partial charge in [0.2, 0.25) is 0 Å². The van der Waals surface area contributed by atoms with Crippen molar-refractivity contribution >= 4 is 15.9 Å². The molecule has 0 aliphatic carbocycles. The molecule has 0 atom stereocenters. The van der Waals surface area contributed by atoms with Crippen LogP contribution in [0.15, 0.2) is 30.5 Å². The molecular formula is C10H9BrFN3. The molecule has 0 bridgehead atoms. The van der Waals surface area contributed by atoms with Crippen molar-refractivity contribution in [2.75, 3.05) is 0 Å². The Balaban J connectivity index is 2.18. The average molecular weight is 270 g/mol. The van der Waals surface area contributed by atoms with E-state index in [4.69, 9.17) is 0 Å². The molecule has 0 unspecified atom stereocenters. The molecule has 0 saturated carbocycles. The first kappa shape index (κ1) is 10.3. The Morgan fingerprint density at radius 2 is 2.00 bits per heavy atom. The van der Waals surface area contributed by atoms with Gasteiger partial charge in [0.1, 0.15) is 5.82 Å². The highest BCUT2D eigenvalue weighted by Crippen LogP contribution is 2.08. The van der Waals surface area contributed by atoms with Gasteiger partial charge < -0.3 is 0 Å². The Kier molecular flexibility index (Phi) is 3.11. The van der Waals surface area contributed by atoms with Crippen molar-refractivity contribution in [1.29, 1.82) is 0 Å². The summed E-state index contributed by atoms with van der Waals surface area (Å²) >= 11 is 3.35. The van der Waals surface area contributed by atoms with Crippen LogP contribution in [0.3, 0.4) is 0 Å². The Morgan fingerprint density at radius 1 is 1.27 bits per heavy atom. The highest BCUT2D eigenvalue weighted by atomic mass is 79.9. The van der Waals surface area contributed by atoms with E-state index < -0.39 is 0 Å². The molecule has 2 rings (SSSR count). The molecule has 2 aromatic rings. The summed E-state index contributed by atoms with van der Waals surface area (Å²) in [5, 5.41) is 8.47. The second-order valence-corrected chi connectivity index (χ2v) is 3.70. The van der Waals surface area contributed by atoms with E-state index in [1.165, 1.54) is 12.1 Å². The summed E-state index contributed by atoms with van der Waals surface area (Å²) in [6, 6.07) is 6.38. The molecule has 1 aromatic carbocycles. The van der Waals surface area contributed by atoms with Crippen LogP contribution in [0.2, 0.25) is 0 Å². The van der Waals surface area contributed by atoms with Crippen LogP contribution in [-0.4, -0.2) is 15.0 Å². The zero-order valence-electron chi connectivity index (χ0n) is 7.90. The molecule has 3 nitrogen and oxygen atoms in total. The summed E-state index contributed by atoms with van der Waals surface area (Å²) < 4.78 is 14.4. The van der Waals surface area contributed by atoms with Crippen LogP contribution in [0, 0.1) is 5.82 Å². The topological polar surface area (TPSA) is 30.7 Å². The Morgan fingerprint density at radius 3 is 2.67 bits per heavy atom. The first-order valence-corrected chi connectivity index (χ1v) is 5.59. The number of aromatic nitrogens is 3. The van der Waals surface area contributed by atoms with E-state index in [1.807, 2.05) is 0 Å². The van der Waals surface area contributed by atoms with Crippen LogP contribution in [-0.2, 0) is 11.9 Å². The molecule has 0 saturated heterocycles. The van der Waals surface area contributed by atoms with Crippen LogP contribution < -0.4 is 0 Å². The molecule has 0 spiro atoms. The van der Waals surface area contributed by atoms with Crippen molar-refractivity contribution in [3.63, 3.8) is 0 Å². The highest BCUT2D eigenvalue weighted by Gasteiger charge is 2.02. The summed E-state index contributed by atoms with van der Waals surface area (Å²) in [6.45, 7) is 0.612. The van der Waals surface area contributed by atoms with Gasteiger partial charge in [-0.3, -0.25) is 0 Å². The fraction of sp³-hybridized carbons (Fsp3) is 0.200. The molecule has 0 N–H and O–H groups in total. The summed E-state index contributed by atoms with van der Waals surface area (Å²) in [6.07, 6.45) is 1.71. The zero-order valence-corrected chi connectivity index (χ0v) is 9.48. The summed E-state index contributed by atoms with van der Waals surface area (Å²) in [4.78, 5) is 0. The number of nitrogens with zero attached hydrogens (tertiary/aromatic N) is 3. The second-order valence-electron chi connectivity index (χ2n) is 3.14. The molecule has 78 valence electrons. The van der Waals surface area contributed by atoms with Crippen molar-refractivity contribution in [2.45, 2.75) is 11.9 Å². The largest absolute Gasteiger partial charge is 0.244 e. The molecule has 1 heterocycles. The van der Waals surface area contributed by atoms with Crippen LogP contribution in [0.4, 0.5) is 4.39 Å². The minimum absolute atomic E-state index is 0.224. The van der Waals surface area contributed by atoms with Gasteiger partial charge in [-0.25, -0.2) is 9.07 Å². The molecule has 0 fully saturated rings. The minimum atomic E-state index is -0.224. The summed E-state index contributed by atoms with van der Waals surface area (Å²) in [5.74, 6) is -0.224. The molecule has 5 heteroatoms. The summed E-state index contributed by atoms with van der Waals surface area (Å²) in [5.41, 5.74) is 2.00. The number of benzene rings is 1. The van der Waals surface area contributed by atoms with Gasteiger partial charge in [-0.05, 0) is 17.7 Å². The Labute approximate surface area is 95.0 Å². The van der Waals surface area contributed by atoms with E-state index in [1.54, 1.807) is 23.0 Å². The predicted molar refractivity (Wildman–Crippen MR) is 58.2 cm³/mol. The van der Waals surface area contributed by atoms with Gasteiger partial charge in [0.05, 0.1) is 18.4 Å². The molecule has 0 radical (unpaired) electrons. The fourth-order valence-corrected chi connectivity index (χ4v) is 1.71. The van der Waals surface area contributed by atoms with E-state index in [9.17, 15) is 4.39 Å². The van der Waals surface area contributed by atoms with Gasteiger partial charge in [-0.2, -0.15) is 0 Å². The van der Waals surface area contributed by atoms with Crippen molar-refractivity contribution in [3.05, 3.63) is 47.5 Å². The third-order valence-corrected chi connectivity index (χ3v) is 2.65. The van der Waals surface area contributed by atoms with E-state index in [0.717, 1.165) is 11.3 Å². The molecule has 0 aliphatic heterocycles. The molecule has 1 aromatic heterocycles. The maximum absolute atomic E-state index is 12.7. The van der Waals surface area contributed by atoms with E-state index >= 15 is 0 Å². The Hall–Kier alpha value is -1.23. The van der Waals surface area contributed by atoms with Gasteiger partial charge in [-0.1, -0.05) is 33.3 Å². The third-order valence-electron chi connectivity index (χ3n) is 2.08. The average Bonchev–Trinajstić information content (AvgIpc) is 2.69. The highest BCUT2D eigenvalue weighted by molar-refractivity contribution is 9.08. The van der Waals surface area contributed by atoms with Crippen LogP contribution in [0.25, 0.3) is 0 Å². The lowest BCUT2D eigenvalue weighted by molar-refractivity contribution is 0.617. The van der Waals surface area contributed by atoms with Gasteiger partial charge in [0, 0.05) is 5.33 Å². The lowest BCUT2D eigenvalue weighted by Gasteiger charge is -2.03. The number of alkyl halides is 1. The maximum Gasteiger partial charge on any atom is 0.123 e. The SMILES string of the molecule is Fc1ccc(Cn2nncc2CBr)cc1. The maximum atomic E-state index is 12.7. The molecule has 0 amide bonds. The number of halogens is 2. The normalized spacial score (nSPS) is 10.5. The van der Waals surface area contributed by atoms with E-state index in [-0.39, 0.29) is 5.82 Å². The Bertz CT molecular complexity index is 438. The smallest absolute Gasteiger partial charge is 0.123 e.